The first-order valence-corrected chi connectivity index (χ1v) is 6.49. The number of aromatic nitrogens is 2. The standard InChI is InChI=1S/C15H21N3/c1-5-8-16-15-17-13(4)10-18(15)14-9-11(2)6-7-12(14)3/h6-7,9-10H,5,8H2,1-4H3,(H,16,17). The SMILES string of the molecule is CCCNc1nc(C)cn1-c1cc(C)ccc1C. The molecule has 0 fully saturated rings. The second-order valence-corrected chi connectivity index (χ2v) is 4.79. The van der Waals surface area contributed by atoms with E-state index in [-0.39, 0.29) is 0 Å². The van der Waals surface area contributed by atoms with E-state index in [9.17, 15) is 0 Å². The maximum Gasteiger partial charge on any atom is 0.207 e. The minimum absolute atomic E-state index is 0.933. The van der Waals surface area contributed by atoms with Crippen molar-refractivity contribution in [3.63, 3.8) is 0 Å². The average Bonchev–Trinajstić information content (AvgIpc) is 2.71. The molecule has 18 heavy (non-hydrogen) atoms. The largest absolute Gasteiger partial charge is 0.355 e. The lowest BCUT2D eigenvalue weighted by Gasteiger charge is -2.12. The first-order valence-electron chi connectivity index (χ1n) is 6.49. The number of nitrogens with one attached hydrogen (secondary N) is 1. The fraction of sp³-hybridized carbons (Fsp3) is 0.400. The van der Waals surface area contributed by atoms with Gasteiger partial charge >= 0.3 is 0 Å². The maximum absolute atomic E-state index is 4.55. The van der Waals surface area contributed by atoms with Gasteiger partial charge in [-0.2, -0.15) is 0 Å². The molecule has 0 aliphatic carbocycles. The summed E-state index contributed by atoms with van der Waals surface area (Å²) >= 11 is 0. The molecule has 1 aromatic heterocycles. The van der Waals surface area contributed by atoms with Crippen LogP contribution < -0.4 is 5.32 Å². The smallest absolute Gasteiger partial charge is 0.207 e. The zero-order valence-corrected chi connectivity index (χ0v) is 11.6. The number of benzene rings is 1. The fourth-order valence-electron chi connectivity index (χ4n) is 2.02. The van der Waals surface area contributed by atoms with Gasteiger partial charge in [-0.1, -0.05) is 19.1 Å². The number of anilines is 1. The molecule has 2 aromatic rings. The summed E-state index contributed by atoms with van der Waals surface area (Å²) in [6, 6.07) is 6.50. The summed E-state index contributed by atoms with van der Waals surface area (Å²) in [5.74, 6) is 0.933. The quantitative estimate of drug-likeness (QED) is 0.888. The van der Waals surface area contributed by atoms with Crippen molar-refractivity contribution >= 4 is 5.95 Å². The minimum atomic E-state index is 0.933. The third-order valence-corrected chi connectivity index (χ3v) is 2.98. The number of rotatable bonds is 4. The van der Waals surface area contributed by atoms with Gasteiger partial charge in [-0.3, -0.25) is 4.57 Å². The Morgan fingerprint density at radius 1 is 1.22 bits per heavy atom. The van der Waals surface area contributed by atoms with E-state index in [0.717, 1.165) is 24.6 Å². The molecule has 0 amide bonds. The van der Waals surface area contributed by atoms with Crippen LogP contribution in [0.25, 0.3) is 5.69 Å². The van der Waals surface area contributed by atoms with E-state index in [2.05, 4.69) is 60.0 Å². The lowest BCUT2D eigenvalue weighted by molar-refractivity contribution is 0.933. The third kappa shape index (κ3) is 2.55. The Hall–Kier alpha value is -1.77. The lowest BCUT2D eigenvalue weighted by atomic mass is 10.1. The Bertz CT molecular complexity index is 541. The molecule has 0 radical (unpaired) electrons. The van der Waals surface area contributed by atoms with E-state index in [0.29, 0.717) is 0 Å². The summed E-state index contributed by atoms with van der Waals surface area (Å²) in [6.45, 7) is 9.38. The third-order valence-electron chi connectivity index (χ3n) is 2.98. The van der Waals surface area contributed by atoms with Gasteiger partial charge in [0.2, 0.25) is 5.95 Å². The van der Waals surface area contributed by atoms with E-state index >= 15 is 0 Å². The molecule has 0 bridgehead atoms. The molecular formula is C15H21N3. The average molecular weight is 243 g/mol. The van der Waals surface area contributed by atoms with Gasteiger partial charge in [-0.25, -0.2) is 4.98 Å². The molecule has 96 valence electrons. The monoisotopic (exact) mass is 243 g/mol. The highest BCUT2D eigenvalue weighted by molar-refractivity contribution is 5.49. The zero-order chi connectivity index (χ0) is 13.1. The van der Waals surface area contributed by atoms with Crippen molar-refractivity contribution in [1.29, 1.82) is 0 Å². The van der Waals surface area contributed by atoms with Crippen LogP contribution in [-0.4, -0.2) is 16.1 Å². The van der Waals surface area contributed by atoms with E-state index < -0.39 is 0 Å². The summed E-state index contributed by atoms with van der Waals surface area (Å²) in [6.07, 6.45) is 3.18. The Labute approximate surface area is 109 Å². The number of hydrogen-bond acceptors (Lipinski definition) is 2. The van der Waals surface area contributed by atoms with E-state index in [1.807, 2.05) is 6.92 Å². The molecule has 0 atom stereocenters. The Balaban J connectivity index is 2.45. The molecule has 0 aliphatic rings. The van der Waals surface area contributed by atoms with Gasteiger partial charge in [-0.15, -0.1) is 0 Å². The molecule has 0 aliphatic heterocycles. The van der Waals surface area contributed by atoms with Crippen LogP contribution in [0.4, 0.5) is 5.95 Å². The van der Waals surface area contributed by atoms with Crippen LogP contribution >= 0.6 is 0 Å². The van der Waals surface area contributed by atoms with Crippen LogP contribution in [0, 0.1) is 20.8 Å². The first-order chi connectivity index (χ1) is 8.61. The van der Waals surface area contributed by atoms with Gasteiger partial charge in [0, 0.05) is 12.7 Å². The summed E-state index contributed by atoms with van der Waals surface area (Å²) < 4.78 is 2.15. The van der Waals surface area contributed by atoms with Crippen LogP contribution in [-0.2, 0) is 0 Å². The predicted molar refractivity (Wildman–Crippen MR) is 76.6 cm³/mol. The van der Waals surface area contributed by atoms with E-state index in [1.165, 1.54) is 16.8 Å². The van der Waals surface area contributed by atoms with Gasteiger partial charge < -0.3 is 5.32 Å². The van der Waals surface area contributed by atoms with Gasteiger partial charge in [-0.05, 0) is 44.4 Å². The van der Waals surface area contributed by atoms with Crippen LogP contribution in [0.15, 0.2) is 24.4 Å². The highest BCUT2D eigenvalue weighted by Crippen LogP contribution is 2.21. The van der Waals surface area contributed by atoms with Gasteiger partial charge in [0.25, 0.3) is 0 Å². The zero-order valence-electron chi connectivity index (χ0n) is 11.6. The summed E-state index contributed by atoms with van der Waals surface area (Å²) in [5, 5.41) is 3.38. The van der Waals surface area contributed by atoms with Crippen molar-refractivity contribution in [3.05, 3.63) is 41.2 Å². The number of nitrogens with zero attached hydrogens (tertiary/aromatic N) is 2. The van der Waals surface area contributed by atoms with Gasteiger partial charge in [0.1, 0.15) is 0 Å². The molecular weight excluding hydrogens is 222 g/mol. The van der Waals surface area contributed by atoms with Crippen molar-refractivity contribution < 1.29 is 0 Å². The molecule has 1 heterocycles. The molecule has 0 spiro atoms. The van der Waals surface area contributed by atoms with Crippen LogP contribution in [0.3, 0.4) is 0 Å². The van der Waals surface area contributed by atoms with Crippen LogP contribution in [0.2, 0.25) is 0 Å². The first kappa shape index (κ1) is 12.7. The molecule has 1 N–H and O–H groups in total. The summed E-state index contributed by atoms with van der Waals surface area (Å²) in [4.78, 5) is 4.55. The summed E-state index contributed by atoms with van der Waals surface area (Å²) in [5.41, 5.74) is 4.77. The van der Waals surface area contributed by atoms with Gasteiger partial charge in [0.15, 0.2) is 0 Å². The van der Waals surface area contributed by atoms with Crippen molar-refractivity contribution in [2.75, 3.05) is 11.9 Å². The van der Waals surface area contributed by atoms with Crippen molar-refractivity contribution in [3.8, 4) is 5.69 Å². The molecule has 3 heteroatoms. The number of aryl methyl sites for hydroxylation is 3. The second-order valence-electron chi connectivity index (χ2n) is 4.79. The summed E-state index contributed by atoms with van der Waals surface area (Å²) in [7, 11) is 0. The number of hydrogen-bond donors (Lipinski definition) is 1. The second kappa shape index (κ2) is 5.25. The van der Waals surface area contributed by atoms with E-state index in [4.69, 9.17) is 0 Å². The normalized spacial score (nSPS) is 10.7. The Morgan fingerprint density at radius 2 is 2.00 bits per heavy atom. The van der Waals surface area contributed by atoms with Crippen molar-refractivity contribution in [1.82, 2.24) is 9.55 Å². The molecule has 0 saturated carbocycles. The fourth-order valence-corrected chi connectivity index (χ4v) is 2.02. The van der Waals surface area contributed by atoms with Crippen LogP contribution in [0.5, 0.6) is 0 Å². The van der Waals surface area contributed by atoms with Crippen LogP contribution in [0.1, 0.15) is 30.2 Å². The highest BCUT2D eigenvalue weighted by atomic mass is 15.2. The topological polar surface area (TPSA) is 29.9 Å². The molecule has 1 aromatic carbocycles. The molecule has 3 nitrogen and oxygen atoms in total. The van der Waals surface area contributed by atoms with Crippen molar-refractivity contribution in [2.45, 2.75) is 34.1 Å². The Morgan fingerprint density at radius 3 is 2.72 bits per heavy atom. The predicted octanol–water partition coefficient (Wildman–Crippen LogP) is 3.62. The van der Waals surface area contributed by atoms with Crippen molar-refractivity contribution in [2.24, 2.45) is 0 Å². The number of imidazole rings is 1. The maximum atomic E-state index is 4.55. The lowest BCUT2D eigenvalue weighted by Crippen LogP contribution is -2.07. The Kier molecular flexibility index (Phi) is 3.70. The van der Waals surface area contributed by atoms with Gasteiger partial charge in [0.05, 0.1) is 11.4 Å². The molecule has 0 unspecified atom stereocenters. The molecule has 2 rings (SSSR count). The highest BCUT2D eigenvalue weighted by Gasteiger charge is 2.09. The van der Waals surface area contributed by atoms with E-state index in [1.54, 1.807) is 0 Å². The molecule has 0 saturated heterocycles. The minimum Gasteiger partial charge on any atom is -0.355 e.